The van der Waals surface area contributed by atoms with E-state index in [1.807, 2.05) is 42.5 Å². The maximum Gasteiger partial charge on any atom is 0.251 e. The molecule has 148 valence electrons. The number of carbonyl (C=O) groups excluding carboxylic acids is 2. The highest BCUT2D eigenvalue weighted by Crippen LogP contribution is 2.23. The summed E-state index contributed by atoms with van der Waals surface area (Å²) in [5, 5.41) is 2.74. The Labute approximate surface area is 166 Å². The Kier molecular flexibility index (Phi) is 6.15. The normalized spacial score (nSPS) is 17.2. The molecule has 1 saturated heterocycles. The maximum absolute atomic E-state index is 12.6. The fourth-order valence-corrected chi connectivity index (χ4v) is 3.24. The van der Waals surface area contributed by atoms with Crippen molar-refractivity contribution in [3.8, 4) is 0 Å². The van der Waals surface area contributed by atoms with Crippen molar-refractivity contribution in [2.24, 2.45) is 0 Å². The van der Waals surface area contributed by atoms with Crippen molar-refractivity contribution in [3.63, 3.8) is 0 Å². The molecule has 5 heteroatoms. The van der Waals surface area contributed by atoms with Gasteiger partial charge in [0.25, 0.3) is 5.91 Å². The van der Waals surface area contributed by atoms with Gasteiger partial charge in [-0.25, -0.2) is 0 Å². The van der Waals surface area contributed by atoms with Crippen LogP contribution >= 0.6 is 0 Å². The Balaban J connectivity index is 1.54. The van der Waals surface area contributed by atoms with Crippen molar-refractivity contribution in [3.05, 3.63) is 71.3 Å². The largest absolute Gasteiger partial charge is 0.370 e. The van der Waals surface area contributed by atoms with Crippen molar-refractivity contribution in [1.29, 1.82) is 0 Å². The molecule has 0 spiro atoms. The first kappa shape index (κ1) is 20.1. The Hall–Kier alpha value is -2.66. The molecule has 0 bridgehead atoms. The molecule has 1 fully saturated rings. The zero-order chi connectivity index (χ0) is 20.1. The number of nitrogens with one attached hydrogen (secondary N) is 1. The molecule has 1 heterocycles. The van der Waals surface area contributed by atoms with Crippen molar-refractivity contribution >= 4 is 11.8 Å². The third kappa shape index (κ3) is 4.98. The Morgan fingerprint density at radius 1 is 1.07 bits per heavy atom. The third-order valence-corrected chi connectivity index (χ3v) is 5.00. The van der Waals surface area contributed by atoms with Gasteiger partial charge in [0.15, 0.2) is 0 Å². The fourth-order valence-electron chi connectivity index (χ4n) is 3.24. The molecule has 0 saturated carbocycles. The van der Waals surface area contributed by atoms with E-state index in [2.05, 4.69) is 26.1 Å². The summed E-state index contributed by atoms with van der Waals surface area (Å²) in [7, 11) is 0. The van der Waals surface area contributed by atoms with Gasteiger partial charge >= 0.3 is 0 Å². The highest BCUT2D eigenvalue weighted by molar-refractivity contribution is 5.96. The number of ether oxygens (including phenoxy) is 1. The second-order valence-electron chi connectivity index (χ2n) is 8.12. The minimum Gasteiger partial charge on any atom is -0.370 e. The lowest BCUT2D eigenvalue weighted by Crippen LogP contribution is -2.46. The van der Waals surface area contributed by atoms with E-state index >= 15 is 0 Å². The molecular formula is C23H28N2O3. The summed E-state index contributed by atoms with van der Waals surface area (Å²) in [5.41, 5.74) is 2.82. The second-order valence-corrected chi connectivity index (χ2v) is 8.12. The van der Waals surface area contributed by atoms with Gasteiger partial charge in [0, 0.05) is 12.1 Å². The first-order valence-corrected chi connectivity index (χ1v) is 9.67. The van der Waals surface area contributed by atoms with Crippen LogP contribution in [-0.2, 0) is 14.9 Å². The van der Waals surface area contributed by atoms with Crippen LogP contribution in [0.1, 0.15) is 48.4 Å². The zero-order valence-corrected chi connectivity index (χ0v) is 16.8. The highest BCUT2D eigenvalue weighted by atomic mass is 16.5. The van der Waals surface area contributed by atoms with Gasteiger partial charge in [-0.2, -0.15) is 0 Å². The van der Waals surface area contributed by atoms with Crippen LogP contribution in [0.4, 0.5) is 0 Å². The standard InChI is InChI=1S/C23H28N2O3/c1-23(2,3)19-11-9-18(10-12-19)22(27)24-15-21(26)25-13-14-28-20(16-25)17-7-5-4-6-8-17/h4-12,20H,13-16H2,1-3H3,(H,24,27). The number of rotatable bonds is 4. The summed E-state index contributed by atoms with van der Waals surface area (Å²) < 4.78 is 5.80. The molecule has 1 N–H and O–H groups in total. The van der Waals surface area contributed by atoms with Gasteiger partial charge in [-0.15, -0.1) is 0 Å². The second kappa shape index (κ2) is 8.57. The smallest absolute Gasteiger partial charge is 0.251 e. The van der Waals surface area contributed by atoms with Crippen LogP contribution in [0.25, 0.3) is 0 Å². The van der Waals surface area contributed by atoms with Crippen molar-refractivity contribution in [2.75, 3.05) is 26.2 Å². The van der Waals surface area contributed by atoms with Gasteiger partial charge in [-0.3, -0.25) is 9.59 Å². The van der Waals surface area contributed by atoms with Crippen LogP contribution < -0.4 is 5.32 Å². The number of morpholine rings is 1. The zero-order valence-electron chi connectivity index (χ0n) is 16.8. The Morgan fingerprint density at radius 3 is 2.39 bits per heavy atom. The summed E-state index contributed by atoms with van der Waals surface area (Å²) in [6, 6.07) is 17.4. The number of carbonyl (C=O) groups is 2. The van der Waals surface area contributed by atoms with Crippen LogP contribution in [0.15, 0.2) is 54.6 Å². The SMILES string of the molecule is CC(C)(C)c1ccc(C(=O)NCC(=O)N2CCOC(c3ccccc3)C2)cc1. The summed E-state index contributed by atoms with van der Waals surface area (Å²) in [5.74, 6) is -0.328. The minimum absolute atomic E-state index is 0.0125. The molecule has 0 radical (unpaired) electrons. The lowest BCUT2D eigenvalue weighted by Gasteiger charge is -2.33. The van der Waals surface area contributed by atoms with Crippen LogP contribution in [-0.4, -0.2) is 43.0 Å². The van der Waals surface area contributed by atoms with Crippen LogP contribution in [0.2, 0.25) is 0 Å². The van der Waals surface area contributed by atoms with Gasteiger partial charge in [0.05, 0.1) is 19.7 Å². The topological polar surface area (TPSA) is 58.6 Å². The molecule has 2 amide bonds. The van der Waals surface area contributed by atoms with Gasteiger partial charge < -0.3 is 15.0 Å². The van der Waals surface area contributed by atoms with Crippen molar-refractivity contribution < 1.29 is 14.3 Å². The van der Waals surface area contributed by atoms with Crippen LogP contribution in [0, 0.1) is 0 Å². The monoisotopic (exact) mass is 380 g/mol. The average molecular weight is 380 g/mol. The molecule has 28 heavy (non-hydrogen) atoms. The van der Waals surface area contributed by atoms with Crippen LogP contribution in [0.3, 0.4) is 0 Å². The third-order valence-electron chi connectivity index (χ3n) is 5.00. The molecule has 5 nitrogen and oxygen atoms in total. The predicted molar refractivity (Wildman–Crippen MR) is 109 cm³/mol. The van der Waals surface area contributed by atoms with Crippen molar-refractivity contribution in [1.82, 2.24) is 10.2 Å². The first-order chi connectivity index (χ1) is 13.3. The molecule has 1 atom stereocenters. The number of hydrogen-bond acceptors (Lipinski definition) is 3. The lowest BCUT2D eigenvalue weighted by molar-refractivity contribution is -0.137. The van der Waals surface area contributed by atoms with Gasteiger partial charge in [0.2, 0.25) is 5.91 Å². The fraction of sp³-hybridized carbons (Fsp3) is 0.391. The molecule has 1 aliphatic rings. The van der Waals surface area contributed by atoms with E-state index in [1.54, 1.807) is 17.0 Å². The van der Waals surface area contributed by atoms with E-state index in [4.69, 9.17) is 4.74 Å². The number of benzene rings is 2. The highest BCUT2D eigenvalue weighted by Gasteiger charge is 2.25. The van der Waals surface area contributed by atoms with E-state index in [9.17, 15) is 9.59 Å². The van der Waals surface area contributed by atoms with Crippen LogP contribution in [0.5, 0.6) is 0 Å². The van der Waals surface area contributed by atoms with E-state index in [0.717, 1.165) is 5.56 Å². The summed E-state index contributed by atoms with van der Waals surface area (Å²) in [6.45, 7) is 7.91. The molecular weight excluding hydrogens is 352 g/mol. The Bertz CT molecular complexity index is 810. The van der Waals surface area contributed by atoms with Gasteiger partial charge in [-0.1, -0.05) is 63.2 Å². The molecule has 1 unspecified atom stereocenters. The van der Waals surface area contributed by atoms with E-state index in [1.165, 1.54) is 5.56 Å². The van der Waals surface area contributed by atoms with Gasteiger partial charge in [-0.05, 0) is 28.7 Å². The predicted octanol–water partition coefficient (Wildman–Crippen LogP) is 3.31. The first-order valence-electron chi connectivity index (χ1n) is 9.67. The Morgan fingerprint density at radius 2 is 1.75 bits per heavy atom. The summed E-state index contributed by atoms with van der Waals surface area (Å²) >= 11 is 0. The number of hydrogen-bond donors (Lipinski definition) is 1. The minimum atomic E-state index is -0.235. The van der Waals surface area contributed by atoms with Crippen molar-refractivity contribution in [2.45, 2.75) is 32.3 Å². The number of nitrogens with zero attached hydrogens (tertiary/aromatic N) is 1. The molecule has 1 aliphatic heterocycles. The molecule has 3 rings (SSSR count). The number of amides is 2. The molecule has 0 aromatic heterocycles. The lowest BCUT2D eigenvalue weighted by atomic mass is 9.87. The van der Waals surface area contributed by atoms with E-state index < -0.39 is 0 Å². The summed E-state index contributed by atoms with van der Waals surface area (Å²) in [6.07, 6.45) is -0.125. The molecule has 2 aromatic carbocycles. The summed E-state index contributed by atoms with van der Waals surface area (Å²) in [4.78, 5) is 26.7. The van der Waals surface area contributed by atoms with E-state index in [-0.39, 0.29) is 29.9 Å². The van der Waals surface area contributed by atoms with Gasteiger partial charge in [0.1, 0.15) is 6.10 Å². The molecule has 2 aromatic rings. The molecule has 0 aliphatic carbocycles. The maximum atomic E-state index is 12.6. The average Bonchev–Trinajstić information content (AvgIpc) is 2.72. The quantitative estimate of drug-likeness (QED) is 0.885. The van der Waals surface area contributed by atoms with E-state index in [0.29, 0.717) is 25.3 Å².